The minimum Gasteiger partial charge on any atom is -0.324 e. The van der Waals surface area contributed by atoms with Crippen LogP contribution in [0.25, 0.3) is 0 Å². The Kier molecular flexibility index (Phi) is 2.59. The molecule has 1 heterocycles. The van der Waals surface area contributed by atoms with Crippen molar-refractivity contribution in [1.29, 1.82) is 0 Å². The number of anilines is 1. The van der Waals surface area contributed by atoms with Crippen molar-refractivity contribution in [2.75, 3.05) is 17.3 Å². The number of sulfone groups is 1. The zero-order valence-electron chi connectivity index (χ0n) is 8.39. The molecule has 16 heavy (non-hydrogen) atoms. The van der Waals surface area contributed by atoms with Gasteiger partial charge in [0.05, 0.1) is 26.3 Å². The van der Waals surface area contributed by atoms with Crippen molar-refractivity contribution in [2.24, 2.45) is 0 Å². The molecular weight excluding hydrogens is 250 g/mol. The molecule has 0 saturated heterocycles. The molecule has 0 aromatic heterocycles. The van der Waals surface area contributed by atoms with Crippen molar-refractivity contribution in [3.8, 4) is 0 Å². The Labute approximate surface area is 95.2 Å². The van der Waals surface area contributed by atoms with E-state index in [1.807, 2.05) is 0 Å². The van der Waals surface area contributed by atoms with Gasteiger partial charge >= 0.3 is 0 Å². The first-order chi connectivity index (χ1) is 7.38. The third-order valence-electron chi connectivity index (χ3n) is 2.16. The van der Waals surface area contributed by atoms with E-state index < -0.39 is 20.6 Å². The molecule has 1 aliphatic heterocycles. The fraction of sp³-hybridized carbons (Fsp3) is 0.222. The largest absolute Gasteiger partial charge is 0.324 e. The van der Waals surface area contributed by atoms with Crippen molar-refractivity contribution in [2.45, 2.75) is 9.79 Å². The lowest BCUT2D eigenvalue weighted by Gasteiger charge is -2.16. The fourth-order valence-corrected chi connectivity index (χ4v) is 3.11. The topological polar surface area (TPSA) is 80.3 Å². The number of hydrogen-bond donors (Lipinski definition) is 1. The molecule has 0 fully saturated rings. The summed E-state index contributed by atoms with van der Waals surface area (Å²) in [6.07, 6.45) is 1.08. The van der Waals surface area contributed by atoms with E-state index in [-0.39, 0.29) is 16.6 Å². The first-order valence-electron chi connectivity index (χ1n) is 4.40. The van der Waals surface area contributed by atoms with Gasteiger partial charge < -0.3 is 5.32 Å². The van der Waals surface area contributed by atoms with Crippen molar-refractivity contribution in [3.05, 3.63) is 18.2 Å². The first kappa shape index (κ1) is 11.3. The molecule has 0 aliphatic carbocycles. The highest BCUT2D eigenvalue weighted by atomic mass is 32.2. The van der Waals surface area contributed by atoms with E-state index in [1.54, 1.807) is 0 Å². The second kappa shape index (κ2) is 3.67. The lowest BCUT2D eigenvalue weighted by molar-refractivity contribution is -0.114. The van der Waals surface area contributed by atoms with E-state index in [2.05, 4.69) is 5.32 Å². The summed E-state index contributed by atoms with van der Waals surface area (Å²) < 4.78 is 34.1. The number of hydrogen-bond acceptors (Lipinski definition) is 4. The molecule has 0 bridgehead atoms. The number of rotatable bonds is 1. The number of benzene rings is 1. The molecule has 1 aromatic carbocycles. The molecule has 0 radical (unpaired) electrons. The number of carbonyl (C=O) groups is 1. The molecular formula is C9H9NO4S2. The number of amides is 1. The van der Waals surface area contributed by atoms with Gasteiger partial charge in [0.2, 0.25) is 5.91 Å². The highest BCUT2D eigenvalue weighted by Crippen LogP contribution is 2.26. The summed E-state index contributed by atoms with van der Waals surface area (Å²) in [6.45, 7) is 0. The van der Waals surface area contributed by atoms with Crippen molar-refractivity contribution in [3.63, 3.8) is 0 Å². The smallest absolute Gasteiger partial charge is 0.237 e. The monoisotopic (exact) mass is 259 g/mol. The summed E-state index contributed by atoms with van der Waals surface area (Å²) in [5.41, 5.74) is 0.317. The predicted octanol–water partition coefficient (Wildman–Crippen LogP) is 0.150. The fourth-order valence-electron chi connectivity index (χ4n) is 1.42. The van der Waals surface area contributed by atoms with Crippen molar-refractivity contribution >= 4 is 32.2 Å². The molecule has 1 amide bonds. The SMILES string of the molecule is CS(=O)(=O)c1ccc2c(c1)NC(=O)CS2=O. The molecule has 7 heteroatoms. The van der Waals surface area contributed by atoms with Crippen LogP contribution in [0.1, 0.15) is 0 Å². The maximum absolute atomic E-state index is 11.6. The van der Waals surface area contributed by atoms with Crippen LogP contribution in [0.5, 0.6) is 0 Å². The van der Waals surface area contributed by atoms with E-state index in [9.17, 15) is 17.4 Å². The number of fused-ring (bicyclic) bond motifs is 1. The lowest BCUT2D eigenvalue weighted by Crippen LogP contribution is -2.25. The zero-order valence-corrected chi connectivity index (χ0v) is 10.0. The van der Waals surface area contributed by atoms with Gasteiger partial charge in [-0.05, 0) is 18.2 Å². The second-order valence-corrected chi connectivity index (χ2v) is 6.90. The lowest BCUT2D eigenvalue weighted by atomic mass is 10.3. The zero-order chi connectivity index (χ0) is 11.9. The van der Waals surface area contributed by atoms with Gasteiger partial charge in [-0.25, -0.2) is 8.42 Å². The van der Waals surface area contributed by atoms with Crippen LogP contribution in [0, 0.1) is 0 Å². The Morgan fingerprint density at radius 3 is 2.69 bits per heavy atom. The van der Waals surface area contributed by atoms with Crippen LogP contribution in [0.3, 0.4) is 0 Å². The third-order valence-corrected chi connectivity index (χ3v) is 4.64. The Morgan fingerprint density at radius 2 is 2.06 bits per heavy atom. The standard InChI is InChI=1S/C9H9NO4S2/c1-16(13,14)6-2-3-8-7(4-6)10-9(11)5-15(8)12/h2-4H,5H2,1H3,(H,10,11). The van der Waals surface area contributed by atoms with Gasteiger partial charge in [0.25, 0.3) is 0 Å². The van der Waals surface area contributed by atoms with Gasteiger partial charge in [0.15, 0.2) is 9.84 Å². The molecule has 86 valence electrons. The van der Waals surface area contributed by atoms with Crippen LogP contribution in [0.15, 0.2) is 28.0 Å². The van der Waals surface area contributed by atoms with Crippen LogP contribution in [-0.2, 0) is 25.4 Å². The van der Waals surface area contributed by atoms with Crippen LogP contribution >= 0.6 is 0 Å². The third kappa shape index (κ3) is 2.00. The van der Waals surface area contributed by atoms with Gasteiger partial charge in [0.1, 0.15) is 5.75 Å². The molecule has 1 aliphatic rings. The highest BCUT2D eigenvalue weighted by molar-refractivity contribution is 7.90. The van der Waals surface area contributed by atoms with Gasteiger partial charge in [-0.2, -0.15) is 0 Å². The van der Waals surface area contributed by atoms with E-state index in [4.69, 9.17) is 0 Å². The maximum atomic E-state index is 11.6. The molecule has 1 aromatic rings. The Hall–Kier alpha value is -1.21. The molecule has 2 rings (SSSR count). The van der Waals surface area contributed by atoms with Crippen LogP contribution in [0.4, 0.5) is 5.69 Å². The highest BCUT2D eigenvalue weighted by Gasteiger charge is 2.22. The van der Waals surface area contributed by atoms with E-state index in [0.717, 1.165) is 6.26 Å². The van der Waals surface area contributed by atoms with Gasteiger partial charge in [-0.1, -0.05) is 0 Å². The van der Waals surface area contributed by atoms with Crippen LogP contribution < -0.4 is 5.32 Å². The summed E-state index contributed by atoms with van der Waals surface area (Å²) in [5.74, 6) is -0.443. The van der Waals surface area contributed by atoms with E-state index in [1.165, 1.54) is 18.2 Å². The van der Waals surface area contributed by atoms with E-state index >= 15 is 0 Å². The summed E-state index contributed by atoms with van der Waals surface area (Å²) in [5, 5.41) is 2.51. The minimum atomic E-state index is -3.32. The minimum absolute atomic E-state index is 0.0782. The van der Waals surface area contributed by atoms with Gasteiger partial charge in [-0.3, -0.25) is 9.00 Å². The summed E-state index contributed by atoms with van der Waals surface area (Å²) in [4.78, 5) is 11.7. The van der Waals surface area contributed by atoms with Crippen LogP contribution in [-0.4, -0.2) is 30.5 Å². The number of nitrogens with one attached hydrogen (secondary N) is 1. The summed E-state index contributed by atoms with van der Waals surface area (Å²) in [7, 11) is -4.71. The molecule has 1 unspecified atom stereocenters. The number of carbonyl (C=O) groups excluding carboxylic acids is 1. The Balaban J connectivity index is 2.59. The van der Waals surface area contributed by atoms with Gasteiger partial charge in [0, 0.05) is 6.26 Å². The normalized spacial score (nSPS) is 20.1. The molecule has 5 nitrogen and oxygen atoms in total. The molecule has 1 atom stereocenters. The van der Waals surface area contributed by atoms with E-state index in [0.29, 0.717) is 10.6 Å². The second-order valence-electron chi connectivity index (χ2n) is 3.47. The average molecular weight is 259 g/mol. The average Bonchev–Trinajstić information content (AvgIpc) is 2.15. The van der Waals surface area contributed by atoms with Gasteiger partial charge in [-0.15, -0.1) is 0 Å². The summed E-state index contributed by atoms with van der Waals surface area (Å²) >= 11 is 0. The Bertz CT molecular complexity index is 592. The first-order valence-corrected chi connectivity index (χ1v) is 7.61. The molecule has 1 N–H and O–H groups in total. The Morgan fingerprint density at radius 1 is 1.38 bits per heavy atom. The summed E-state index contributed by atoms with van der Waals surface area (Å²) in [6, 6.07) is 4.20. The van der Waals surface area contributed by atoms with Crippen LogP contribution in [0.2, 0.25) is 0 Å². The quantitative estimate of drug-likeness (QED) is 0.778. The van der Waals surface area contributed by atoms with Crippen molar-refractivity contribution in [1.82, 2.24) is 0 Å². The predicted molar refractivity (Wildman–Crippen MR) is 59.5 cm³/mol. The molecule has 0 spiro atoms. The molecule has 0 saturated carbocycles. The van der Waals surface area contributed by atoms with Crippen molar-refractivity contribution < 1.29 is 17.4 Å². The maximum Gasteiger partial charge on any atom is 0.237 e.